The lowest BCUT2D eigenvalue weighted by atomic mass is 10.0. The monoisotopic (exact) mass is 445 g/mol. The van der Waals surface area contributed by atoms with Crippen LogP contribution in [0.25, 0.3) is 10.1 Å². The second-order valence-electron chi connectivity index (χ2n) is 7.43. The molecule has 0 aliphatic rings. The van der Waals surface area contributed by atoms with Crippen molar-refractivity contribution in [3.8, 4) is 0 Å². The number of hydrogen-bond acceptors (Lipinski definition) is 4. The molecule has 32 heavy (non-hydrogen) atoms. The van der Waals surface area contributed by atoms with E-state index in [1.54, 1.807) is 0 Å². The summed E-state index contributed by atoms with van der Waals surface area (Å²) in [5.41, 5.74) is 2.78. The number of carbonyl (C=O) groups excluding carboxylic acids is 1. The second kappa shape index (κ2) is 8.64. The van der Waals surface area contributed by atoms with Gasteiger partial charge in [0.15, 0.2) is 0 Å². The molecule has 0 aliphatic heterocycles. The van der Waals surface area contributed by atoms with Crippen LogP contribution in [0, 0.1) is 6.92 Å². The fourth-order valence-corrected chi connectivity index (χ4v) is 4.62. The second-order valence-corrected chi connectivity index (χ2v) is 8.48. The highest BCUT2D eigenvalue weighted by Crippen LogP contribution is 2.34. The van der Waals surface area contributed by atoms with E-state index in [0.717, 1.165) is 32.8 Å². The molecule has 0 aliphatic carbocycles. The molecule has 4 aromatic rings. The fourth-order valence-electron chi connectivity index (χ4n) is 3.50. The van der Waals surface area contributed by atoms with Crippen molar-refractivity contribution in [1.29, 1.82) is 0 Å². The first kappa shape index (κ1) is 21.3. The Kier molecular flexibility index (Phi) is 5.75. The maximum Gasteiger partial charge on any atom is 0.335 e. The minimum atomic E-state index is -1.27. The summed E-state index contributed by atoms with van der Waals surface area (Å²) >= 11 is 1.35. The van der Waals surface area contributed by atoms with Crippen LogP contribution in [0.15, 0.2) is 66.7 Å². The van der Waals surface area contributed by atoms with Crippen LogP contribution in [0.2, 0.25) is 0 Å². The molecule has 0 bridgehead atoms. The van der Waals surface area contributed by atoms with Gasteiger partial charge in [-0.1, -0.05) is 48.0 Å². The van der Waals surface area contributed by atoms with Crippen LogP contribution in [0.1, 0.15) is 47.1 Å². The van der Waals surface area contributed by atoms with Crippen molar-refractivity contribution in [2.24, 2.45) is 0 Å². The Balaban J connectivity index is 1.73. The van der Waals surface area contributed by atoms with E-state index >= 15 is 0 Å². The van der Waals surface area contributed by atoms with Crippen LogP contribution in [0.5, 0.6) is 0 Å². The lowest BCUT2D eigenvalue weighted by molar-refractivity contribution is 0.0696. The van der Waals surface area contributed by atoms with Gasteiger partial charge in [-0.2, -0.15) is 0 Å². The zero-order chi connectivity index (χ0) is 22.8. The molecule has 1 amide bonds. The van der Waals surface area contributed by atoms with Crippen molar-refractivity contribution in [1.82, 2.24) is 0 Å². The molecule has 0 unspecified atom stereocenters. The average molecular weight is 445 g/mol. The van der Waals surface area contributed by atoms with Crippen molar-refractivity contribution in [2.45, 2.75) is 13.3 Å². The largest absolute Gasteiger partial charge is 0.478 e. The van der Waals surface area contributed by atoms with E-state index in [1.807, 2.05) is 55.5 Å². The molecule has 0 saturated heterocycles. The molecule has 3 aromatic carbocycles. The predicted octanol–water partition coefficient (Wildman–Crippen LogP) is 5.45. The van der Waals surface area contributed by atoms with Crippen molar-refractivity contribution in [2.75, 3.05) is 5.32 Å². The van der Waals surface area contributed by atoms with Gasteiger partial charge in [-0.25, -0.2) is 9.59 Å². The Morgan fingerprint density at radius 3 is 2.12 bits per heavy atom. The summed E-state index contributed by atoms with van der Waals surface area (Å²) in [6, 6.07) is 19.4. The highest BCUT2D eigenvalue weighted by atomic mass is 32.1. The first-order chi connectivity index (χ1) is 15.3. The smallest absolute Gasteiger partial charge is 0.335 e. The number of carboxylic acids is 2. The van der Waals surface area contributed by atoms with Crippen LogP contribution in [-0.2, 0) is 6.42 Å². The summed E-state index contributed by atoms with van der Waals surface area (Å²) in [6.07, 6.45) is 0.558. The molecule has 4 rings (SSSR count). The van der Waals surface area contributed by atoms with Gasteiger partial charge in [-0.15, -0.1) is 11.3 Å². The molecule has 0 radical (unpaired) electrons. The molecule has 0 saturated carbocycles. The molecule has 6 nitrogen and oxygen atoms in total. The number of anilines is 1. The highest BCUT2D eigenvalue weighted by molar-refractivity contribution is 7.21. The molecular formula is C25H19NO5S. The third-order valence-electron chi connectivity index (χ3n) is 5.09. The quantitative estimate of drug-likeness (QED) is 0.366. The van der Waals surface area contributed by atoms with Gasteiger partial charge in [0.2, 0.25) is 0 Å². The van der Waals surface area contributed by atoms with E-state index in [-0.39, 0.29) is 16.8 Å². The van der Waals surface area contributed by atoms with Crippen molar-refractivity contribution < 1.29 is 24.6 Å². The first-order valence-corrected chi connectivity index (χ1v) is 10.6. The standard InChI is InChI=1S/C25H19NO5S/c1-14-6-8-15(9-7-14)10-20-19-4-2-3-5-21(19)32-22(20)23(27)26-18-12-16(24(28)29)11-17(13-18)25(30)31/h2-9,11-13H,10H2,1H3,(H,26,27)(H,28,29)(H,30,31). The van der Waals surface area contributed by atoms with Gasteiger partial charge in [0, 0.05) is 10.4 Å². The molecular weight excluding hydrogens is 426 g/mol. The van der Waals surface area contributed by atoms with Crippen LogP contribution in [0.4, 0.5) is 5.69 Å². The maximum atomic E-state index is 13.2. The number of aromatic carboxylic acids is 2. The van der Waals surface area contributed by atoms with Gasteiger partial charge >= 0.3 is 11.9 Å². The van der Waals surface area contributed by atoms with Crippen molar-refractivity contribution in [3.05, 3.63) is 99.4 Å². The summed E-state index contributed by atoms with van der Waals surface area (Å²) in [5, 5.41) is 22.2. The number of hydrogen-bond donors (Lipinski definition) is 3. The molecule has 7 heteroatoms. The number of fused-ring (bicyclic) bond motifs is 1. The maximum absolute atomic E-state index is 13.2. The van der Waals surface area contributed by atoms with E-state index in [4.69, 9.17) is 0 Å². The van der Waals surface area contributed by atoms with Gasteiger partial charge in [0.25, 0.3) is 5.91 Å². The molecule has 1 heterocycles. The van der Waals surface area contributed by atoms with Crippen LogP contribution < -0.4 is 5.32 Å². The van der Waals surface area contributed by atoms with E-state index in [9.17, 15) is 24.6 Å². The molecule has 0 atom stereocenters. The first-order valence-electron chi connectivity index (χ1n) is 9.81. The molecule has 160 valence electrons. The number of benzene rings is 3. The summed E-state index contributed by atoms with van der Waals surface area (Å²) in [5.74, 6) is -2.96. The number of nitrogens with one attached hydrogen (secondary N) is 1. The Hall–Kier alpha value is -3.97. The van der Waals surface area contributed by atoms with E-state index in [1.165, 1.54) is 23.5 Å². The van der Waals surface area contributed by atoms with Gasteiger partial charge < -0.3 is 15.5 Å². The van der Waals surface area contributed by atoms with Gasteiger partial charge in [0.05, 0.1) is 16.0 Å². The summed E-state index contributed by atoms with van der Waals surface area (Å²) < 4.78 is 0.963. The number of aryl methyl sites for hydroxylation is 1. The fraction of sp³-hybridized carbons (Fsp3) is 0.0800. The summed E-state index contributed by atoms with van der Waals surface area (Å²) in [4.78, 5) is 36.5. The number of thiophene rings is 1. The third kappa shape index (κ3) is 4.38. The minimum Gasteiger partial charge on any atom is -0.478 e. The lowest BCUT2D eigenvalue weighted by Gasteiger charge is -2.09. The van der Waals surface area contributed by atoms with Crippen LogP contribution >= 0.6 is 11.3 Å². The number of carboxylic acid groups (broad SMARTS) is 2. The topological polar surface area (TPSA) is 104 Å². The zero-order valence-electron chi connectivity index (χ0n) is 17.1. The molecule has 0 spiro atoms. The highest BCUT2D eigenvalue weighted by Gasteiger charge is 2.20. The molecule has 1 aromatic heterocycles. The van der Waals surface area contributed by atoms with Crippen LogP contribution in [0.3, 0.4) is 0 Å². The van der Waals surface area contributed by atoms with E-state index < -0.39 is 17.8 Å². The van der Waals surface area contributed by atoms with Gasteiger partial charge in [-0.3, -0.25) is 4.79 Å². The van der Waals surface area contributed by atoms with Gasteiger partial charge in [-0.05, 0) is 54.1 Å². The number of amides is 1. The number of carbonyl (C=O) groups is 3. The average Bonchev–Trinajstić information content (AvgIpc) is 3.13. The van der Waals surface area contributed by atoms with E-state index in [2.05, 4.69) is 5.32 Å². The van der Waals surface area contributed by atoms with E-state index in [0.29, 0.717) is 11.3 Å². The van der Waals surface area contributed by atoms with Crippen molar-refractivity contribution in [3.63, 3.8) is 0 Å². The summed E-state index contributed by atoms with van der Waals surface area (Å²) in [6.45, 7) is 2.01. The Bertz CT molecular complexity index is 1320. The Labute approximate surface area is 187 Å². The van der Waals surface area contributed by atoms with Gasteiger partial charge in [0.1, 0.15) is 0 Å². The molecule has 0 fully saturated rings. The Morgan fingerprint density at radius 1 is 0.875 bits per heavy atom. The number of rotatable bonds is 6. The summed E-state index contributed by atoms with van der Waals surface area (Å²) in [7, 11) is 0. The SMILES string of the molecule is Cc1ccc(Cc2c(C(=O)Nc3cc(C(=O)O)cc(C(=O)O)c3)sc3ccccc23)cc1. The van der Waals surface area contributed by atoms with Crippen molar-refractivity contribution >= 4 is 45.0 Å². The minimum absolute atomic E-state index is 0.117. The van der Waals surface area contributed by atoms with Crippen LogP contribution in [-0.4, -0.2) is 28.1 Å². The zero-order valence-corrected chi connectivity index (χ0v) is 17.9. The predicted molar refractivity (Wildman–Crippen MR) is 124 cm³/mol. The Morgan fingerprint density at radius 2 is 1.50 bits per heavy atom. The third-order valence-corrected chi connectivity index (χ3v) is 6.30. The molecule has 3 N–H and O–H groups in total. The lowest BCUT2D eigenvalue weighted by Crippen LogP contribution is -2.14. The normalized spacial score (nSPS) is 10.8.